The van der Waals surface area contributed by atoms with Gasteiger partial charge in [0.1, 0.15) is 5.75 Å². The maximum absolute atomic E-state index is 12.7. The van der Waals surface area contributed by atoms with Crippen LogP contribution < -0.4 is 10.1 Å². The molecule has 0 radical (unpaired) electrons. The molecule has 0 bridgehead atoms. The topological polar surface area (TPSA) is 72.5 Å². The predicted molar refractivity (Wildman–Crippen MR) is 91.1 cm³/mol. The largest absolute Gasteiger partial charge is 0.493 e. The van der Waals surface area contributed by atoms with Crippen molar-refractivity contribution in [2.24, 2.45) is 0 Å². The van der Waals surface area contributed by atoms with Gasteiger partial charge in [0.2, 0.25) is 0 Å². The maximum Gasteiger partial charge on any atom is 0.252 e. The fourth-order valence-corrected chi connectivity index (χ4v) is 3.45. The monoisotopic (exact) mass is 345 g/mol. The Labute approximate surface area is 141 Å². The highest BCUT2D eigenvalue weighted by molar-refractivity contribution is 7.90. The van der Waals surface area contributed by atoms with Crippen molar-refractivity contribution in [2.45, 2.75) is 24.3 Å². The van der Waals surface area contributed by atoms with E-state index in [1.807, 2.05) is 24.3 Å². The van der Waals surface area contributed by atoms with E-state index < -0.39 is 9.84 Å². The summed E-state index contributed by atoms with van der Waals surface area (Å²) < 4.78 is 29.0. The molecule has 6 heteroatoms. The van der Waals surface area contributed by atoms with Gasteiger partial charge in [0, 0.05) is 23.8 Å². The van der Waals surface area contributed by atoms with Gasteiger partial charge in [-0.25, -0.2) is 8.42 Å². The summed E-state index contributed by atoms with van der Waals surface area (Å²) in [6.07, 6.45) is 1.81. The van der Waals surface area contributed by atoms with Gasteiger partial charge in [0.25, 0.3) is 5.91 Å². The van der Waals surface area contributed by atoms with Crippen molar-refractivity contribution in [1.82, 2.24) is 5.32 Å². The fraction of sp³-hybridized carbons (Fsp3) is 0.278. The molecule has 1 aliphatic heterocycles. The van der Waals surface area contributed by atoms with E-state index in [1.54, 1.807) is 13.0 Å². The number of hydrogen-bond acceptors (Lipinski definition) is 4. The van der Waals surface area contributed by atoms with Gasteiger partial charge < -0.3 is 10.1 Å². The van der Waals surface area contributed by atoms with Crippen LogP contribution in [0.15, 0.2) is 47.4 Å². The number of benzene rings is 2. The molecule has 0 unspecified atom stereocenters. The molecule has 1 atom stereocenters. The third kappa shape index (κ3) is 3.28. The Balaban J connectivity index is 1.89. The first-order valence-electron chi connectivity index (χ1n) is 7.69. The van der Waals surface area contributed by atoms with E-state index in [4.69, 9.17) is 4.74 Å². The molecule has 0 spiro atoms. The van der Waals surface area contributed by atoms with Crippen LogP contribution in [0.4, 0.5) is 0 Å². The Morgan fingerprint density at radius 2 is 1.96 bits per heavy atom. The Morgan fingerprint density at radius 1 is 1.21 bits per heavy atom. The van der Waals surface area contributed by atoms with E-state index in [1.165, 1.54) is 12.1 Å². The molecule has 1 aliphatic rings. The summed E-state index contributed by atoms with van der Waals surface area (Å²) in [6, 6.07) is 12.1. The molecule has 0 fully saturated rings. The van der Waals surface area contributed by atoms with Gasteiger partial charge in [-0.05, 0) is 30.7 Å². The average Bonchev–Trinajstić information content (AvgIpc) is 2.54. The molecular formula is C18H19NO4S. The molecule has 2 aromatic carbocycles. The summed E-state index contributed by atoms with van der Waals surface area (Å²) >= 11 is 0. The van der Waals surface area contributed by atoms with Gasteiger partial charge in [-0.3, -0.25) is 4.79 Å². The molecule has 1 amide bonds. The lowest BCUT2D eigenvalue weighted by Crippen LogP contribution is -2.32. The minimum absolute atomic E-state index is 0.144. The second-order valence-corrected chi connectivity index (χ2v) is 7.97. The first kappa shape index (κ1) is 16.5. The first-order valence-corrected chi connectivity index (χ1v) is 9.59. The van der Waals surface area contributed by atoms with Gasteiger partial charge in [-0.1, -0.05) is 24.3 Å². The summed E-state index contributed by atoms with van der Waals surface area (Å²) in [4.78, 5) is 12.8. The first-order chi connectivity index (χ1) is 11.4. The summed E-state index contributed by atoms with van der Waals surface area (Å²) in [5.74, 6) is 0.496. The highest BCUT2D eigenvalue weighted by atomic mass is 32.2. The number of hydrogen-bond donors (Lipinski definition) is 1. The van der Waals surface area contributed by atoms with Crippen molar-refractivity contribution in [1.29, 1.82) is 0 Å². The van der Waals surface area contributed by atoms with Crippen LogP contribution in [0, 0.1) is 6.92 Å². The second-order valence-electron chi connectivity index (χ2n) is 5.95. The molecule has 1 heterocycles. The van der Waals surface area contributed by atoms with Gasteiger partial charge in [0.15, 0.2) is 9.84 Å². The lowest BCUT2D eigenvalue weighted by molar-refractivity contribution is 0.0924. The van der Waals surface area contributed by atoms with E-state index in [0.29, 0.717) is 18.6 Å². The fourth-order valence-electron chi connectivity index (χ4n) is 2.80. The number of para-hydroxylation sites is 1. The third-order valence-electron chi connectivity index (χ3n) is 4.15. The van der Waals surface area contributed by atoms with Crippen LogP contribution in [0.2, 0.25) is 0 Å². The molecule has 2 aromatic rings. The maximum atomic E-state index is 12.7. The number of fused-ring (bicyclic) bond motifs is 1. The van der Waals surface area contributed by atoms with Crippen molar-refractivity contribution < 1.29 is 17.9 Å². The Bertz CT molecular complexity index is 890. The number of amides is 1. The molecule has 0 aromatic heterocycles. The van der Waals surface area contributed by atoms with Crippen molar-refractivity contribution in [3.63, 3.8) is 0 Å². The van der Waals surface area contributed by atoms with Crippen LogP contribution in [0.1, 0.15) is 33.9 Å². The average molecular weight is 345 g/mol. The quantitative estimate of drug-likeness (QED) is 0.928. The van der Waals surface area contributed by atoms with Crippen molar-refractivity contribution in [3.05, 3.63) is 59.2 Å². The van der Waals surface area contributed by atoms with Crippen LogP contribution >= 0.6 is 0 Å². The summed E-state index contributed by atoms with van der Waals surface area (Å²) in [7, 11) is -3.36. The van der Waals surface area contributed by atoms with E-state index in [2.05, 4.69) is 5.32 Å². The van der Waals surface area contributed by atoms with Crippen LogP contribution in [-0.2, 0) is 9.84 Å². The molecular weight excluding hydrogens is 326 g/mol. The van der Waals surface area contributed by atoms with Crippen molar-refractivity contribution >= 4 is 15.7 Å². The molecule has 0 aliphatic carbocycles. The number of nitrogens with one attached hydrogen (secondary N) is 1. The van der Waals surface area contributed by atoms with Gasteiger partial charge in [-0.2, -0.15) is 0 Å². The number of aryl methyl sites for hydroxylation is 1. The molecule has 5 nitrogen and oxygen atoms in total. The number of rotatable bonds is 3. The van der Waals surface area contributed by atoms with E-state index in [9.17, 15) is 13.2 Å². The summed E-state index contributed by atoms with van der Waals surface area (Å²) in [5.41, 5.74) is 2.05. The van der Waals surface area contributed by atoms with Gasteiger partial charge in [0.05, 0.1) is 17.5 Å². The lowest BCUT2D eigenvalue weighted by Gasteiger charge is -2.26. The molecule has 126 valence electrons. The van der Waals surface area contributed by atoms with Gasteiger partial charge in [-0.15, -0.1) is 0 Å². The second kappa shape index (κ2) is 6.28. The normalized spacial score (nSPS) is 16.8. The Kier molecular flexibility index (Phi) is 4.32. The van der Waals surface area contributed by atoms with E-state index in [-0.39, 0.29) is 16.8 Å². The zero-order valence-electron chi connectivity index (χ0n) is 13.6. The van der Waals surface area contributed by atoms with E-state index in [0.717, 1.165) is 23.1 Å². The minimum atomic E-state index is -3.36. The third-order valence-corrected chi connectivity index (χ3v) is 5.26. The molecule has 1 N–H and O–H groups in total. The Morgan fingerprint density at radius 3 is 2.71 bits per heavy atom. The SMILES string of the molecule is Cc1ccc(S(C)(=O)=O)cc1C(=O)N[C@@H]1CCOc2ccccc21. The van der Waals surface area contributed by atoms with Crippen LogP contribution in [0.25, 0.3) is 0 Å². The summed E-state index contributed by atoms with van der Waals surface area (Å²) in [5, 5.41) is 3.00. The van der Waals surface area contributed by atoms with Crippen LogP contribution in [-0.4, -0.2) is 27.2 Å². The van der Waals surface area contributed by atoms with Crippen LogP contribution in [0.5, 0.6) is 5.75 Å². The zero-order chi connectivity index (χ0) is 17.3. The number of sulfone groups is 1. The van der Waals surface area contributed by atoms with Crippen LogP contribution in [0.3, 0.4) is 0 Å². The summed E-state index contributed by atoms with van der Waals surface area (Å²) in [6.45, 7) is 2.32. The number of carbonyl (C=O) groups is 1. The number of carbonyl (C=O) groups excluding carboxylic acids is 1. The Hall–Kier alpha value is -2.34. The molecule has 3 rings (SSSR count). The highest BCUT2D eigenvalue weighted by Crippen LogP contribution is 2.31. The standard InChI is InChI=1S/C18H19NO4S/c1-12-7-8-13(24(2,21)22)11-15(12)18(20)19-16-9-10-23-17-6-4-3-5-14(16)17/h3-8,11,16H,9-10H2,1-2H3,(H,19,20)/t16-/m1/s1. The van der Waals surface area contributed by atoms with Crippen molar-refractivity contribution in [3.8, 4) is 5.75 Å². The number of ether oxygens (including phenoxy) is 1. The van der Waals surface area contributed by atoms with Gasteiger partial charge >= 0.3 is 0 Å². The highest BCUT2D eigenvalue weighted by Gasteiger charge is 2.24. The lowest BCUT2D eigenvalue weighted by atomic mass is 9.99. The molecule has 0 saturated heterocycles. The predicted octanol–water partition coefficient (Wildman–Crippen LogP) is 2.65. The van der Waals surface area contributed by atoms with Crippen molar-refractivity contribution in [2.75, 3.05) is 12.9 Å². The van der Waals surface area contributed by atoms with E-state index >= 15 is 0 Å². The minimum Gasteiger partial charge on any atom is -0.493 e. The molecule has 24 heavy (non-hydrogen) atoms. The zero-order valence-corrected chi connectivity index (χ0v) is 14.4. The molecule has 0 saturated carbocycles. The smallest absolute Gasteiger partial charge is 0.252 e.